The zero-order valence-corrected chi connectivity index (χ0v) is 13.9. The number of oxazole rings is 1. The molecule has 0 aliphatic carbocycles. The summed E-state index contributed by atoms with van der Waals surface area (Å²) in [5.74, 6) is 1.56. The Morgan fingerprint density at radius 2 is 1.86 bits per heavy atom. The molecule has 0 spiro atoms. The number of hydrogen-bond donors (Lipinski definition) is 0. The van der Waals surface area contributed by atoms with E-state index in [9.17, 15) is 0 Å². The summed E-state index contributed by atoms with van der Waals surface area (Å²) in [5, 5.41) is 3.21. The number of hydrogen-bond acceptors (Lipinski definition) is 5. The van der Waals surface area contributed by atoms with Crippen molar-refractivity contribution in [3.8, 4) is 11.5 Å². The smallest absolute Gasteiger partial charge is 0.226 e. The van der Waals surface area contributed by atoms with Crippen molar-refractivity contribution >= 4 is 11.3 Å². The molecule has 0 amide bonds. The Bertz CT molecular complexity index is 748. The third kappa shape index (κ3) is 3.43. The molecule has 0 saturated heterocycles. The first-order chi connectivity index (χ1) is 10.6. The van der Waals surface area contributed by atoms with E-state index in [4.69, 9.17) is 4.42 Å². The Labute approximate surface area is 134 Å². The second-order valence-corrected chi connectivity index (χ2v) is 6.48. The third-order valence-electron chi connectivity index (χ3n) is 3.43. The van der Waals surface area contributed by atoms with Crippen molar-refractivity contribution < 1.29 is 4.42 Å². The first-order valence-corrected chi connectivity index (χ1v) is 8.11. The molecule has 5 heteroatoms. The summed E-state index contributed by atoms with van der Waals surface area (Å²) in [5.41, 5.74) is 3.09. The molecule has 0 aliphatic heterocycles. The van der Waals surface area contributed by atoms with Gasteiger partial charge in [0.15, 0.2) is 0 Å². The van der Waals surface area contributed by atoms with Crippen molar-refractivity contribution in [3.05, 3.63) is 57.9 Å². The number of nitrogens with zero attached hydrogens (tertiary/aromatic N) is 3. The Balaban J connectivity index is 1.71. The zero-order valence-electron chi connectivity index (χ0n) is 13.0. The van der Waals surface area contributed by atoms with Gasteiger partial charge in [0.2, 0.25) is 5.89 Å². The average Bonchev–Trinajstić information content (AvgIpc) is 3.07. The van der Waals surface area contributed by atoms with E-state index in [-0.39, 0.29) is 0 Å². The van der Waals surface area contributed by atoms with Crippen LogP contribution in [-0.4, -0.2) is 21.9 Å². The fourth-order valence-electron chi connectivity index (χ4n) is 2.35. The molecule has 0 unspecified atom stereocenters. The quantitative estimate of drug-likeness (QED) is 0.713. The van der Waals surface area contributed by atoms with E-state index in [1.165, 1.54) is 0 Å². The topological polar surface area (TPSA) is 42.2 Å². The molecule has 4 nitrogen and oxygen atoms in total. The molecular weight excluding hydrogens is 294 g/mol. The van der Waals surface area contributed by atoms with Gasteiger partial charge in [-0.05, 0) is 33.0 Å². The summed E-state index contributed by atoms with van der Waals surface area (Å²) >= 11 is 1.69. The highest BCUT2D eigenvalue weighted by atomic mass is 32.1. The second kappa shape index (κ2) is 6.42. The first kappa shape index (κ1) is 14.9. The largest absolute Gasteiger partial charge is 0.441 e. The summed E-state index contributed by atoms with van der Waals surface area (Å²) in [4.78, 5) is 11.3. The van der Waals surface area contributed by atoms with Gasteiger partial charge in [-0.3, -0.25) is 4.90 Å². The highest BCUT2D eigenvalue weighted by molar-refractivity contribution is 7.09. The number of aromatic nitrogens is 2. The molecule has 0 aliphatic rings. The SMILES string of the molecule is Cc1nc(CN(C)Cc2nc(-c3ccccc3)oc2C)cs1. The summed E-state index contributed by atoms with van der Waals surface area (Å²) in [6.07, 6.45) is 0. The Morgan fingerprint density at radius 1 is 1.09 bits per heavy atom. The lowest BCUT2D eigenvalue weighted by Crippen LogP contribution is -2.18. The Morgan fingerprint density at radius 3 is 2.55 bits per heavy atom. The number of rotatable bonds is 5. The van der Waals surface area contributed by atoms with Crippen molar-refractivity contribution in [1.29, 1.82) is 0 Å². The lowest BCUT2D eigenvalue weighted by Gasteiger charge is -2.13. The molecule has 22 heavy (non-hydrogen) atoms. The van der Waals surface area contributed by atoms with Gasteiger partial charge in [-0.2, -0.15) is 0 Å². The van der Waals surface area contributed by atoms with E-state index in [2.05, 4.69) is 27.3 Å². The van der Waals surface area contributed by atoms with E-state index >= 15 is 0 Å². The van der Waals surface area contributed by atoms with Crippen LogP contribution in [0.25, 0.3) is 11.5 Å². The Kier molecular flexibility index (Phi) is 4.36. The molecular formula is C17H19N3OS. The first-order valence-electron chi connectivity index (χ1n) is 7.23. The molecule has 1 aromatic carbocycles. The predicted octanol–water partition coefficient (Wildman–Crippen LogP) is 4.05. The maximum atomic E-state index is 5.80. The van der Waals surface area contributed by atoms with Crippen LogP contribution in [0.4, 0.5) is 0 Å². The van der Waals surface area contributed by atoms with Gasteiger partial charge in [-0.15, -0.1) is 11.3 Å². The van der Waals surface area contributed by atoms with Gasteiger partial charge < -0.3 is 4.42 Å². The van der Waals surface area contributed by atoms with Crippen LogP contribution < -0.4 is 0 Å². The van der Waals surface area contributed by atoms with Crippen LogP contribution in [-0.2, 0) is 13.1 Å². The monoisotopic (exact) mass is 313 g/mol. The molecule has 3 aromatic rings. The molecule has 2 aromatic heterocycles. The minimum Gasteiger partial charge on any atom is -0.441 e. The van der Waals surface area contributed by atoms with Crippen molar-refractivity contribution in [2.24, 2.45) is 0 Å². The van der Waals surface area contributed by atoms with Gasteiger partial charge >= 0.3 is 0 Å². The van der Waals surface area contributed by atoms with Crippen molar-refractivity contribution in [3.63, 3.8) is 0 Å². The fourth-order valence-corrected chi connectivity index (χ4v) is 2.95. The standard InChI is InChI=1S/C17H19N3OS/c1-12-16(10-20(3)9-15-11-22-13(2)18-15)19-17(21-12)14-7-5-4-6-8-14/h4-8,11H,9-10H2,1-3H3. The maximum absolute atomic E-state index is 5.80. The van der Waals surface area contributed by atoms with Crippen molar-refractivity contribution in [2.75, 3.05) is 7.05 Å². The summed E-state index contributed by atoms with van der Waals surface area (Å²) < 4.78 is 5.80. The minimum atomic E-state index is 0.686. The van der Waals surface area contributed by atoms with Crippen molar-refractivity contribution in [2.45, 2.75) is 26.9 Å². The Hall–Kier alpha value is -1.98. The van der Waals surface area contributed by atoms with E-state index < -0.39 is 0 Å². The molecule has 0 N–H and O–H groups in total. The minimum absolute atomic E-state index is 0.686. The van der Waals surface area contributed by atoms with Gasteiger partial charge in [-0.25, -0.2) is 9.97 Å². The van der Waals surface area contributed by atoms with Crippen LogP contribution in [0.1, 0.15) is 22.2 Å². The van der Waals surface area contributed by atoms with E-state index in [0.29, 0.717) is 5.89 Å². The molecule has 0 atom stereocenters. The number of aryl methyl sites for hydroxylation is 2. The molecule has 0 radical (unpaired) electrons. The third-order valence-corrected chi connectivity index (χ3v) is 4.25. The van der Waals surface area contributed by atoms with Gasteiger partial charge in [0, 0.05) is 24.0 Å². The molecule has 2 heterocycles. The summed E-state index contributed by atoms with van der Waals surface area (Å²) in [6, 6.07) is 9.99. The van der Waals surface area contributed by atoms with Gasteiger partial charge in [-0.1, -0.05) is 18.2 Å². The zero-order chi connectivity index (χ0) is 15.5. The van der Waals surface area contributed by atoms with Crippen LogP contribution >= 0.6 is 11.3 Å². The molecule has 114 valence electrons. The number of benzene rings is 1. The molecule has 3 rings (SSSR count). The van der Waals surface area contributed by atoms with Crippen LogP contribution in [0.5, 0.6) is 0 Å². The van der Waals surface area contributed by atoms with Crippen LogP contribution in [0.15, 0.2) is 40.1 Å². The molecule has 0 fully saturated rings. The highest BCUT2D eigenvalue weighted by Gasteiger charge is 2.13. The van der Waals surface area contributed by atoms with Gasteiger partial charge in [0.05, 0.1) is 16.4 Å². The number of thiazole rings is 1. The average molecular weight is 313 g/mol. The van der Waals surface area contributed by atoms with E-state index in [1.807, 2.05) is 44.2 Å². The van der Waals surface area contributed by atoms with E-state index in [1.54, 1.807) is 11.3 Å². The second-order valence-electron chi connectivity index (χ2n) is 5.42. The predicted molar refractivity (Wildman–Crippen MR) is 88.7 cm³/mol. The lowest BCUT2D eigenvalue weighted by molar-refractivity contribution is 0.310. The molecule has 0 saturated carbocycles. The summed E-state index contributed by atoms with van der Waals surface area (Å²) in [7, 11) is 2.07. The van der Waals surface area contributed by atoms with Gasteiger partial charge in [0.1, 0.15) is 5.76 Å². The van der Waals surface area contributed by atoms with Crippen molar-refractivity contribution in [1.82, 2.24) is 14.9 Å². The van der Waals surface area contributed by atoms with Crippen LogP contribution in [0.2, 0.25) is 0 Å². The van der Waals surface area contributed by atoms with Crippen LogP contribution in [0.3, 0.4) is 0 Å². The fraction of sp³-hybridized carbons (Fsp3) is 0.294. The van der Waals surface area contributed by atoms with Crippen LogP contribution in [0, 0.1) is 13.8 Å². The lowest BCUT2D eigenvalue weighted by atomic mass is 10.2. The van der Waals surface area contributed by atoms with Gasteiger partial charge in [0.25, 0.3) is 0 Å². The summed E-state index contributed by atoms with van der Waals surface area (Å²) in [6.45, 7) is 5.56. The highest BCUT2D eigenvalue weighted by Crippen LogP contribution is 2.22. The molecule has 0 bridgehead atoms. The van der Waals surface area contributed by atoms with E-state index in [0.717, 1.165) is 40.8 Å². The normalized spacial score (nSPS) is 11.3. The maximum Gasteiger partial charge on any atom is 0.226 e.